The summed E-state index contributed by atoms with van der Waals surface area (Å²) in [7, 11) is 0. The highest BCUT2D eigenvalue weighted by Gasteiger charge is 2.16. The smallest absolute Gasteiger partial charge is 0.252 e. The lowest BCUT2D eigenvalue weighted by atomic mass is 10.1. The van der Waals surface area contributed by atoms with Crippen LogP contribution in [0, 0.1) is 13.8 Å². The third-order valence-electron chi connectivity index (χ3n) is 4.33. The fourth-order valence-electron chi connectivity index (χ4n) is 2.74. The molecule has 1 heterocycles. The highest BCUT2D eigenvalue weighted by Crippen LogP contribution is 2.29. The van der Waals surface area contributed by atoms with Crippen LogP contribution < -0.4 is 5.32 Å². The van der Waals surface area contributed by atoms with Gasteiger partial charge in [0.2, 0.25) is 0 Å². The number of nitrogens with one attached hydrogen (secondary N) is 1. The molecule has 0 aliphatic heterocycles. The zero-order valence-electron chi connectivity index (χ0n) is 15.2. The number of benzene rings is 2. The minimum atomic E-state index is -0.0665. The summed E-state index contributed by atoms with van der Waals surface area (Å²) in [5.41, 5.74) is 3.76. The summed E-state index contributed by atoms with van der Waals surface area (Å²) in [4.78, 5) is 13.7. The van der Waals surface area contributed by atoms with Crippen molar-refractivity contribution in [2.24, 2.45) is 0 Å². The third kappa shape index (κ3) is 4.17. The van der Waals surface area contributed by atoms with Crippen LogP contribution >= 0.6 is 11.8 Å². The van der Waals surface area contributed by atoms with E-state index in [0.717, 1.165) is 33.2 Å². The number of rotatable bonds is 6. The molecule has 1 N–H and O–H groups in total. The van der Waals surface area contributed by atoms with E-state index in [4.69, 9.17) is 4.52 Å². The molecule has 2 aromatic carbocycles. The summed E-state index contributed by atoms with van der Waals surface area (Å²) in [6.45, 7) is 5.84. The summed E-state index contributed by atoms with van der Waals surface area (Å²) in [5, 5.41) is 7.08. The zero-order chi connectivity index (χ0) is 18.5. The molecule has 26 heavy (non-hydrogen) atoms. The van der Waals surface area contributed by atoms with Crippen LogP contribution in [0.2, 0.25) is 0 Å². The summed E-state index contributed by atoms with van der Waals surface area (Å²) >= 11 is 1.62. The van der Waals surface area contributed by atoms with E-state index >= 15 is 0 Å². The average Bonchev–Trinajstić information content (AvgIpc) is 2.98. The van der Waals surface area contributed by atoms with E-state index < -0.39 is 0 Å². The molecule has 0 fully saturated rings. The van der Waals surface area contributed by atoms with Crippen LogP contribution in [-0.2, 0) is 5.75 Å². The second kappa shape index (κ2) is 8.23. The highest BCUT2D eigenvalue weighted by molar-refractivity contribution is 7.98. The maximum Gasteiger partial charge on any atom is 0.252 e. The van der Waals surface area contributed by atoms with Crippen LogP contribution in [0.5, 0.6) is 0 Å². The van der Waals surface area contributed by atoms with E-state index in [9.17, 15) is 4.79 Å². The first-order valence-electron chi connectivity index (χ1n) is 8.55. The van der Waals surface area contributed by atoms with Gasteiger partial charge in [0.25, 0.3) is 5.91 Å². The molecule has 4 nitrogen and oxygen atoms in total. The number of carbonyl (C=O) groups excluding carboxylic acids is 1. The average molecular weight is 366 g/mol. The Morgan fingerprint density at radius 1 is 1.12 bits per heavy atom. The van der Waals surface area contributed by atoms with E-state index in [1.165, 1.54) is 0 Å². The van der Waals surface area contributed by atoms with Gasteiger partial charge < -0.3 is 9.84 Å². The molecule has 1 atom stereocenters. The molecule has 0 saturated heterocycles. The molecule has 0 aliphatic rings. The van der Waals surface area contributed by atoms with Gasteiger partial charge in [-0.1, -0.05) is 47.6 Å². The molecule has 1 amide bonds. The van der Waals surface area contributed by atoms with E-state index in [-0.39, 0.29) is 11.9 Å². The van der Waals surface area contributed by atoms with Gasteiger partial charge in [-0.15, -0.1) is 11.8 Å². The van der Waals surface area contributed by atoms with Gasteiger partial charge in [-0.3, -0.25) is 4.79 Å². The van der Waals surface area contributed by atoms with E-state index in [1.807, 2.05) is 75.4 Å². The summed E-state index contributed by atoms with van der Waals surface area (Å²) in [6.07, 6.45) is 0. The summed E-state index contributed by atoms with van der Waals surface area (Å²) in [6, 6.07) is 17.6. The topological polar surface area (TPSA) is 55.1 Å². The molecule has 3 aromatic rings. The Hall–Kier alpha value is -2.53. The van der Waals surface area contributed by atoms with Crippen molar-refractivity contribution in [3.63, 3.8) is 0 Å². The second-order valence-corrected chi connectivity index (χ2v) is 7.21. The number of thioether (sulfide) groups is 1. The minimum absolute atomic E-state index is 0.0516. The Kier molecular flexibility index (Phi) is 5.78. The van der Waals surface area contributed by atoms with Gasteiger partial charge in [0.15, 0.2) is 0 Å². The van der Waals surface area contributed by atoms with Gasteiger partial charge >= 0.3 is 0 Å². The third-order valence-corrected chi connectivity index (χ3v) is 5.43. The lowest BCUT2D eigenvalue weighted by Gasteiger charge is -2.16. The standard InChI is InChI=1S/C21H22N2O2S/c1-14(17-9-5-4-6-10-17)22-21(24)18-11-7-8-12-20(18)26-13-19-15(2)23-25-16(19)3/h4-12,14H,13H2,1-3H3,(H,22,24)/t14-/m1/s1. The van der Waals surface area contributed by atoms with Crippen molar-refractivity contribution in [3.05, 3.63) is 82.7 Å². The SMILES string of the molecule is Cc1noc(C)c1CSc1ccccc1C(=O)N[C@H](C)c1ccccc1. The van der Waals surface area contributed by atoms with Gasteiger partial charge in [-0.25, -0.2) is 0 Å². The molecule has 0 radical (unpaired) electrons. The number of carbonyl (C=O) groups is 1. The van der Waals surface area contributed by atoms with Crippen LogP contribution in [-0.4, -0.2) is 11.1 Å². The largest absolute Gasteiger partial charge is 0.361 e. The quantitative estimate of drug-likeness (QED) is 0.619. The molecule has 134 valence electrons. The summed E-state index contributed by atoms with van der Waals surface area (Å²) in [5.74, 6) is 1.48. The molecule has 3 rings (SSSR count). The van der Waals surface area contributed by atoms with Gasteiger partial charge in [-0.05, 0) is 38.5 Å². The van der Waals surface area contributed by atoms with Crippen LogP contribution in [0.3, 0.4) is 0 Å². The van der Waals surface area contributed by atoms with Crippen molar-refractivity contribution in [1.29, 1.82) is 0 Å². The number of nitrogens with zero attached hydrogens (tertiary/aromatic N) is 1. The highest BCUT2D eigenvalue weighted by atomic mass is 32.2. The predicted octanol–water partition coefficient (Wildman–Crippen LogP) is 5.07. The molecule has 0 spiro atoms. The Morgan fingerprint density at radius 2 is 1.81 bits per heavy atom. The maximum atomic E-state index is 12.8. The van der Waals surface area contributed by atoms with Crippen LogP contribution in [0.4, 0.5) is 0 Å². The van der Waals surface area contributed by atoms with Gasteiger partial charge in [0, 0.05) is 16.2 Å². The monoisotopic (exact) mass is 366 g/mol. The first-order valence-corrected chi connectivity index (χ1v) is 9.54. The predicted molar refractivity (Wildman–Crippen MR) is 104 cm³/mol. The number of aromatic nitrogens is 1. The van der Waals surface area contributed by atoms with E-state index in [1.54, 1.807) is 11.8 Å². The van der Waals surface area contributed by atoms with Crippen molar-refractivity contribution in [1.82, 2.24) is 10.5 Å². The number of hydrogen-bond donors (Lipinski definition) is 1. The lowest BCUT2D eigenvalue weighted by molar-refractivity contribution is 0.0937. The first-order chi connectivity index (χ1) is 12.6. The maximum absolute atomic E-state index is 12.8. The van der Waals surface area contributed by atoms with E-state index in [0.29, 0.717) is 5.56 Å². The Balaban J connectivity index is 1.73. The Labute approximate surface area is 158 Å². The number of amides is 1. The number of aryl methyl sites for hydroxylation is 2. The van der Waals surface area contributed by atoms with Crippen molar-refractivity contribution < 1.29 is 9.32 Å². The molecule has 0 unspecified atom stereocenters. The molecule has 0 saturated carbocycles. The van der Waals surface area contributed by atoms with Crippen LogP contribution in [0.15, 0.2) is 64.0 Å². The van der Waals surface area contributed by atoms with Crippen LogP contribution in [0.1, 0.15) is 45.9 Å². The minimum Gasteiger partial charge on any atom is -0.361 e. The Morgan fingerprint density at radius 3 is 2.50 bits per heavy atom. The summed E-state index contributed by atoms with van der Waals surface area (Å²) < 4.78 is 5.22. The molecule has 5 heteroatoms. The molecular formula is C21H22N2O2S. The van der Waals surface area contributed by atoms with Gasteiger partial charge in [0.1, 0.15) is 5.76 Å². The first kappa shape index (κ1) is 18.3. The number of hydrogen-bond acceptors (Lipinski definition) is 4. The van der Waals surface area contributed by atoms with Gasteiger partial charge in [0.05, 0.1) is 17.3 Å². The van der Waals surface area contributed by atoms with Crippen molar-refractivity contribution >= 4 is 17.7 Å². The second-order valence-electron chi connectivity index (χ2n) is 6.19. The van der Waals surface area contributed by atoms with Crippen LogP contribution in [0.25, 0.3) is 0 Å². The normalized spacial score (nSPS) is 12.0. The fourth-order valence-corrected chi connectivity index (χ4v) is 3.94. The molecule has 0 aliphatic carbocycles. The van der Waals surface area contributed by atoms with E-state index in [2.05, 4.69) is 10.5 Å². The zero-order valence-corrected chi connectivity index (χ0v) is 16.0. The molecule has 1 aromatic heterocycles. The van der Waals surface area contributed by atoms with Crippen molar-refractivity contribution in [3.8, 4) is 0 Å². The van der Waals surface area contributed by atoms with Gasteiger partial charge in [-0.2, -0.15) is 0 Å². The molecular weight excluding hydrogens is 344 g/mol. The lowest BCUT2D eigenvalue weighted by Crippen LogP contribution is -2.27. The molecule has 0 bridgehead atoms. The Bertz CT molecular complexity index is 871. The van der Waals surface area contributed by atoms with Crippen molar-refractivity contribution in [2.45, 2.75) is 37.5 Å². The van der Waals surface area contributed by atoms with Crippen molar-refractivity contribution in [2.75, 3.05) is 0 Å². The fraction of sp³-hybridized carbons (Fsp3) is 0.238.